The number of hydrogen-bond acceptors (Lipinski definition) is 6. The topological polar surface area (TPSA) is 81.7 Å². The number of rotatable bonds is 3. The number of ether oxygens (including phenoxy) is 2. The standard InChI is InChI=1S/C19H18ClNO5S/c1-25-19(22)11-6-12(20)8-14(7-11)27(23,24)13-2-3-15-16-4-5-21-10-18(16)26-17(15)9-13/h2-3,6-9,16,18,21H,4-5,10H2,1H3. The number of sulfone groups is 1. The zero-order chi connectivity index (χ0) is 19.2. The Kier molecular flexibility index (Phi) is 4.61. The van der Waals surface area contributed by atoms with Gasteiger partial charge in [0.05, 0.1) is 22.5 Å². The maximum atomic E-state index is 13.1. The van der Waals surface area contributed by atoms with Gasteiger partial charge in [0.25, 0.3) is 0 Å². The van der Waals surface area contributed by atoms with Crippen LogP contribution in [-0.2, 0) is 14.6 Å². The molecule has 2 aromatic rings. The number of piperidine rings is 1. The van der Waals surface area contributed by atoms with Crippen LogP contribution in [0.4, 0.5) is 0 Å². The van der Waals surface area contributed by atoms with Gasteiger partial charge in [-0.2, -0.15) is 0 Å². The summed E-state index contributed by atoms with van der Waals surface area (Å²) < 4.78 is 36.8. The Bertz CT molecular complexity index is 1020. The molecule has 0 spiro atoms. The van der Waals surface area contributed by atoms with Gasteiger partial charge < -0.3 is 14.8 Å². The number of carbonyl (C=O) groups excluding carboxylic acids is 1. The van der Waals surface area contributed by atoms with Crippen LogP contribution in [0.15, 0.2) is 46.2 Å². The molecule has 2 atom stereocenters. The summed E-state index contributed by atoms with van der Waals surface area (Å²) in [4.78, 5) is 11.8. The Hall–Kier alpha value is -2.09. The minimum atomic E-state index is -3.87. The minimum Gasteiger partial charge on any atom is -0.488 e. The largest absolute Gasteiger partial charge is 0.488 e. The van der Waals surface area contributed by atoms with E-state index in [1.165, 1.54) is 25.3 Å². The number of fused-ring (bicyclic) bond motifs is 3. The lowest BCUT2D eigenvalue weighted by atomic mass is 9.90. The lowest BCUT2D eigenvalue weighted by Gasteiger charge is -2.24. The van der Waals surface area contributed by atoms with Crippen LogP contribution in [0.3, 0.4) is 0 Å². The van der Waals surface area contributed by atoms with Gasteiger partial charge in [0.15, 0.2) is 0 Å². The van der Waals surface area contributed by atoms with Crippen LogP contribution in [0, 0.1) is 0 Å². The van der Waals surface area contributed by atoms with Crippen molar-refractivity contribution in [1.82, 2.24) is 5.32 Å². The summed E-state index contributed by atoms with van der Waals surface area (Å²) in [6.07, 6.45) is 0.990. The number of benzene rings is 2. The summed E-state index contributed by atoms with van der Waals surface area (Å²) >= 11 is 6.02. The lowest BCUT2D eigenvalue weighted by Crippen LogP contribution is -2.39. The van der Waals surface area contributed by atoms with Crippen LogP contribution in [-0.4, -0.2) is 40.7 Å². The van der Waals surface area contributed by atoms with Crippen LogP contribution < -0.4 is 10.1 Å². The average Bonchev–Trinajstić information content (AvgIpc) is 3.04. The molecule has 2 unspecified atom stereocenters. The van der Waals surface area contributed by atoms with E-state index in [1.54, 1.807) is 12.1 Å². The molecule has 0 amide bonds. The number of esters is 1. The van der Waals surface area contributed by atoms with Crippen LogP contribution in [0.5, 0.6) is 5.75 Å². The highest BCUT2D eigenvalue weighted by Gasteiger charge is 2.37. The van der Waals surface area contributed by atoms with Crippen molar-refractivity contribution < 1.29 is 22.7 Å². The molecule has 0 aliphatic carbocycles. The van der Waals surface area contributed by atoms with Crippen molar-refractivity contribution in [1.29, 1.82) is 0 Å². The molecule has 27 heavy (non-hydrogen) atoms. The molecule has 0 saturated carbocycles. The molecule has 1 saturated heterocycles. The van der Waals surface area contributed by atoms with E-state index in [-0.39, 0.29) is 32.4 Å². The summed E-state index contributed by atoms with van der Waals surface area (Å²) in [7, 11) is -2.64. The number of hydrogen-bond donors (Lipinski definition) is 1. The van der Waals surface area contributed by atoms with Gasteiger partial charge in [-0.05, 0) is 43.3 Å². The van der Waals surface area contributed by atoms with Gasteiger partial charge in [0.2, 0.25) is 9.84 Å². The molecular formula is C19H18ClNO5S. The van der Waals surface area contributed by atoms with Gasteiger partial charge in [-0.15, -0.1) is 0 Å². The van der Waals surface area contributed by atoms with Crippen LogP contribution in [0.1, 0.15) is 28.3 Å². The quantitative estimate of drug-likeness (QED) is 0.788. The van der Waals surface area contributed by atoms with Gasteiger partial charge in [-0.1, -0.05) is 17.7 Å². The van der Waals surface area contributed by atoms with Gasteiger partial charge in [0.1, 0.15) is 11.9 Å². The summed E-state index contributed by atoms with van der Waals surface area (Å²) in [5.41, 5.74) is 1.12. The van der Waals surface area contributed by atoms with E-state index in [1.807, 2.05) is 6.07 Å². The van der Waals surface area contributed by atoms with E-state index in [2.05, 4.69) is 10.1 Å². The van der Waals surface area contributed by atoms with Crippen molar-refractivity contribution in [2.75, 3.05) is 20.2 Å². The second-order valence-corrected chi connectivity index (χ2v) is 9.01. The third kappa shape index (κ3) is 3.20. The Morgan fingerprint density at radius 3 is 2.81 bits per heavy atom. The highest BCUT2D eigenvalue weighted by atomic mass is 35.5. The molecule has 0 aromatic heterocycles. The zero-order valence-corrected chi connectivity index (χ0v) is 16.1. The number of nitrogens with one attached hydrogen (secondary N) is 1. The second-order valence-electron chi connectivity index (χ2n) is 6.63. The fourth-order valence-electron chi connectivity index (χ4n) is 3.65. The van der Waals surface area contributed by atoms with Crippen molar-refractivity contribution in [3.63, 3.8) is 0 Å². The van der Waals surface area contributed by atoms with E-state index < -0.39 is 15.8 Å². The number of halogens is 1. The number of carbonyl (C=O) groups is 1. The molecule has 2 aliphatic heterocycles. The molecule has 2 aromatic carbocycles. The molecule has 4 rings (SSSR count). The second kappa shape index (κ2) is 6.82. The minimum absolute atomic E-state index is 0.0313. The Balaban J connectivity index is 1.74. The average molecular weight is 408 g/mol. The highest BCUT2D eigenvalue weighted by Crippen LogP contribution is 2.42. The van der Waals surface area contributed by atoms with Gasteiger partial charge in [0, 0.05) is 23.0 Å². The van der Waals surface area contributed by atoms with E-state index >= 15 is 0 Å². The molecule has 8 heteroatoms. The highest BCUT2D eigenvalue weighted by molar-refractivity contribution is 7.91. The predicted molar refractivity (Wildman–Crippen MR) is 99.3 cm³/mol. The zero-order valence-electron chi connectivity index (χ0n) is 14.6. The molecule has 1 fully saturated rings. The Morgan fingerprint density at radius 1 is 1.22 bits per heavy atom. The lowest BCUT2D eigenvalue weighted by molar-refractivity contribution is 0.0600. The first-order valence-electron chi connectivity index (χ1n) is 8.55. The summed E-state index contributed by atoms with van der Waals surface area (Å²) in [5.74, 6) is 0.239. The van der Waals surface area contributed by atoms with Gasteiger partial charge in [-0.3, -0.25) is 0 Å². The maximum Gasteiger partial charge on any atom is 0.337 e. The van der Waals surface area contributed by atoms with Crippen molar-refractivity contribution in [2.24, 2.45) is 0 Å². The monoisotopic (exact) mass is 407 g/mol. The third-order valence-electron chi connectivity index (χ3n) is 5.00. The molecular weight excluding hydrogens is 390 g/mol. The maximum absolute atomic E-state index is 13.1. The Labute approximate surface area is 162 Å². The third-order valence-corrected chi connectivity index (χ3v) is 6.95. The molecule has 0 radical (unpaired) electrons. The van der Waals surface area contributed by atoms with Gasteiger partial charge >= 0.3 is 5.97 Å². The number of methoxy groups -OCH3 is 1. The van der Waals surface area contributed by atoms with E-state index in [9.17, 15) is 13.2 Å². The van der Waals surface area contributed by atoms with Crippen LogP contribution in [0.2, 0.25) is 5.02 Å². The summed E-state index contributed by atoms with van der Waals surface area (Å²) in [5, 5.41) is 3.43. The van der Waals surface area contributed by atoms with Crippen molar-refractivity contribution in [2.45, 2.75) is 28.2 Å². The SMILES string of the molecule is COC(=O)c1cc(Cl)cc(S(=O)(=O)c2ccc3c(c2)OC2CNCCC32)c1. The van der Waals surface area contributed by atoms with Crippen molar-refractivity contribution in [3.8, 4) is 5.75 Å². The first-order chi connectivity index (χ1) is 12.9. The molecule has 0 bridgehead atoms. The first-order valence-corrected chi connectivity index (χ1v) is 10.4. The van der Waals surface area contributed by atoms with Crippen molar-refractivity contribution >= 4 is 27.4 Å². The summed E-state index contributed by atoms with van der Waals surface area (Å²) in [6.45, 7) is 1.67. The van der Waals surface area contributed by atoms with Crippen LogP contribution >= 0.6 is 11.6 Å². The fourth-order valence-corrected chi connectivity index (χ4v) is 5.30. The van der Waals surface area contributed by atoms with Crippen molar-refractivity contribution in [3.05, 3.63) is 52.5 Å². The van der Waals surface area contributed by atoms with E-state index in [4.69, 9.17) is 16.3 Å². The smallest absolute Gasteiger partial charge is 0.337 e. The molecule has 2 aliphatic rings. The van der Waals surface area contributed by atoms with Crippen LogP contribution in [0.25, 0.3) is 0 Å². The fraction of sp³-hybridized carbons (Fsp3) is 0.316. The molecule has 142 valence electrons. The van der Waals surface area contributed by atoms with E-state index in [0.717, 1.165) is 25.1 Å². The van der Waals surface area contributed by atoms with Gasteiger partial charge in [-0.25, -0.2) is 13.2 Å². The molecule has 1 N–H and O–H groups in total. The normalized spacial score (nSPS) is 21.1. The Morgan fingerprint density at radius 2 is 2.04 bits per heavy atom. The molecule has 2 heterocycles. The predicted octanol–water partition coefficient (Wildman–Crippen LogP) is 2.80. The summed E-state index contributed by atoms with van der Waals surface area (Å²) in [6, 6.07) is 8.92. The first kappa shape index (κ1) is 18.3. The molecule has 6 nitrogen and oxygen atoms in total. The van der Waals surface area contributed by atoms with E-state index in [0.29, 0.717) is 5.75 Å².